The number of rotatable bonds is 1. The Hall–Kier alpha value is -1.98. The van der Waals surface area contributed by atoms with E-state index < -0.39 is 23.5 Å². The lowest BCUT2D eigenvalue weighted by atomic mass is 9.94. The van der Waals surface area contributed by atoms with Gasteiger partial charge in [-0.25, -0.2) is 0 Å². The zero-order chi connectivity index (χ0) is 16.7. The minimum Gasteiger partial charge on any atom is -0.166 e. The van der Waals surface area contributed by atoms with Crippen molar-refractivity contribution < 1.29 is 26.3 Å². The lowest BCUT2D eigenvalue weighted by molar-refractivity contribution is -0.137. The molecule has 0 bridgehead atoms. The molecule has 0 aliphatic rings. The molecule has 0 heterocycles. The maximum atomic E-state index is 13.1. The van der Waals surface area contributed by atoms with Crippen molar-refractivity contribution in [3.05, 3.63) is 58.7 Å². The summed E-state index contributed by atoms with van der Waals surface area (Å²) in [4.78, 5) is 0. The molecule has 2 rings (SSSR count). The fourth-order valence-electron chi connectivity index (χ4n) is 2.25. The van der Waals surface area contributed by atoms with E-state index in [0.29, 0.717) is 5.56 Å². The number of hydrogen-bond acceptors (Lipinski definition) is 0. The number of hydrogen-bond donors (Lipinski definition) is 0. The molecule has 0 fully saturated rings. The van der Waals surface area contributed by atoms with Crippen molar-refractivity contribution in [2.24, 2.45) is 0 Å². The van der Waals surface area contributed by atoms with E-state index >= 15 is 0 Å². The van der Waals surface area contributed by atoms with Crippen LogP contribution < -0.4 is 0 Å². The minimum absolute atomic E-state index is 0.0941. The SMILES string of the molecule is Cc1cc(-c2cc(C)ccc2C(F)(F)F)cc(C(F)(F)F)c1. The molecule has 0 saturated heterocycles. The van der Waals surface area contributed by atoms with E-state index in [4.69, 9.17) is 0 Å². The molecule has 0 nitrogen and oxygen atoms in total. The zero-order valence-electron chi connectivity index (χ0n) is 11.7. The van der Waals surface area contributed by atoms with Gasteiger partial charge >= 0.3 is 12.4 Å². The Labute approximate surface area is 123 Å². The van der Waals surface area contributed by atoms with E-state index in [2.05, 4.69) is 0 Å². The van der Waals surface area contributed by atoms with Crippen molar-refractivity contribution in [1.29, 1.82) is 0 Å². The first kappa shape index (κ1) is 16.4. The molecular weight excluding hydrogens is 306 g/mol. The van der Waals surface area contributed by atoms with E-state index in [1.54, 1.807) is 6.92 Å². The molecule has 2 aromatic carbocycles. The van der Waals surface area contributed by atoms with E-state index in [0.717, 1.165) is 18.2 Å². The van der Waals surface area contributed by atoms with Crippen molar-refractivity contribution in [1.82, 2.24) is 0 Å². The summed E-state index contributed by atoms with van der Waals surface area (Å²) in [5, 5.41) is 0. The average Bonchev–Trinajstić information content (AvgIpc) is 2.35. The molecule has 0 amide bonds. The van der Waals surface area contributed by atoms with Gasteiger partial charge in [-0.15, -0.1) is 0 Å². The fourth-order valence-corrected chi connectivity index (χ4v) is 2.25. The molecule has 0 radical (unpaired) electrons. The second-order valence-electron chi connectivity index (χ2n) is 5.13. The molecule has 0 saturated carbocycles. The van der Waals surface area contributed by atoms with Crippen molar-refractivity contribution >= 4 is 0 Å². The van der Waals surface area contributed by atoms with E-state index in [1.807, 2.05) is 0 Å². The highest BCUT2D eigenvalue weighted by Gasteiger charge is 2.35. The van der Waals surface area contributed by atoms with Gasteiger partial charge in [-0.2, -0.15) is 26.3 Å². The fraction of sp³-hybridized carbons (Fsp3) is 0.250. The van der Waals surface area contributed by atoms with Crippen LogP contribution in [0.5, 0.6) is 0 Å². The van der Waals surface area contributed by atoms with Crippen LogP contribution in [0.4, 0.5) is 26.3 Å². The standard InChI is InChI=1S/C16H12F6/c1-9-3-4-14(16(20,21)22)13(7-9)11-5-10(2)6-12(8-11)15(17,18)19/h3-8H,1-2H3. The summed E-state index contributed by atoms with van der Waals surface area (Å²) in [7, 11) is 0. The van der Waals surface area contributed by atoms with Crippen LogP contribution in [0.1, 0.15) is 22.3 Å². The maximum absolute atomic E-state index is 13.1. The zero-order valence-corrected chi connectivity index (χ0v) is 11.7. The Morgan fingerprint density at radius 2 is 1.32 bits per heavy atom. The first-order valence-corrected chi connectivity index (χ1v) is 6.35. The highest BCUT2D eigenvalue weighted by molar-refractivity contribution is 5.70. The average molecular weight is 318 g/mol. The molecule has 0 N–H and O–H groups in total. The number of alkyl halides is 6. The van der Waals surface area contributed by atoms with Crippen LogP contribution >= 0.6 is 0 Å². The van der Waals surface area contributed by atoms with Crippen LogP contribution in [0, 0.1) is 13.8 Å². The van der Waals surface area contributed by atoms with Gasteiger partial charge in [0, 0.05) is 0 Å². The lowest BCUT2D eigenvalue weighted by Gasteiger charge is -2.16. The molecule has 0 spiro atoms. The molecule has 0 aliphatic heterocycles. The van der Waals surface area contributed by atoms with Gasteiger partial charge in [0.25, 0.3) is 0 Å². The van der Waals surface area contributed by atoms with Crippen LogP contribution in [0.3, 0.4) is 0 Å². The number of halogens is 6. The van der Waals surface area contributed by atoms with Gasteiger partial charge in [0.05, 0.1) is 11.1 Å². The van der Waals surface area contributed by atoms with Crippen LogP contribution in [-0.2, 0) is 12.4 Å². The molecule has 0 aromatic heterocycles. The quantitative estimate of drug-likeness (QED) is 0.565. The lowest BCUT2D eigenvalue weighted by Crippen LogP contribution is -2.09. The van der Waals surface area contributed by atoms with Crippen LogP contribution in [0.25, 0.3) is 11.1 Å². The van der Waals surface area contributed by atoms with Gasteiger partial charge < -0.3 is 0 Å². The second-order valence-corrected chi connectivity index (χ2v) is 5.13. The van der Waals surface area contributed by atoms with Gasteiger partial charge in [-0.3, -0.25) is 0 Å². The second kappa shape index (κ2) is 5.34. The third-order valence-electron chi connectivity index (χ3n) is 3.20. The predicted molar refractivity (Wildman–Crippen MR) is 71.4 cm³/mol. The summed E-state index contributed by atoms with van der Waals surface area (Å²) in [6, 6.07) is 6.40. The normalized spacial score (nSPS) is 12.5. The maximum Gasteiger partial charge on any atom is 0.417 e. The molecular formula is C16H12F6. The third kappa shape index (κ3) is 3.43. The Kier molecular flexibility index (Phi) is 3.98. The van der Waals surface area contributed by atoms with Crippen molar-refractivity contribution in [3.8, 4) is 11.1 Å². The summed E-state index contributed by atoms with van der Waals surface area (Å²) in [6.07, 6.45) is -9.24. The van der Waals surface area contributed by atoms with E-state index in [-0.39, 0.29) is 16.7 Å². The number of benzene rings is 2. The monoisotopic (exact) mass is 318 g/mol. The summed E-state index contributed by atoms with van der Waals surface area (Å²) in [5.74, 6) is 0. The highest BCUT2D eigenvalue weighted by atomic mass is 19.4. The van der Waals surface area contributed by atoms with Crippen molar-refractivity contribution in [2.75, 3.05) is 0 Å². The Morgan fingerprint density at radius 1 is 0.682 bits per heavy atom. The molecule has 0 atom stereocenters. The molecule has 0 aliphatic carbocycles. The van der Waals surface area contributed by atoms with E-state index in [1.165, 1.54) is 25.1 Å². The Bertz CT molecular complexity index is 695. The van der Waals surface area contributed by atoms with Crippen LogP contribution in [-0.4, -0.2) is 0 Å². The van der Waals surface area contributed by atoms with Gasteiger partial charge in [0.15, 0.2) is 0 Å². The molecule has 118 valence electrons. The highest BCUT2D eigenvalue weighted by Crippen LogP contribution is 2.40. The summed E-state index contributed by atoms with van der Waals surface area (Å²) in [5.41, 5.74) is -1.46. The Morgan fingerprint density at radius 3 is 1.86 bits per heavy atom. The smallest absolute Gasteiger partial charge is 0.166 e. The molecule has 22 heavy (non-hydrogen) atoms. The van der Waals surface area contributed by atoms with Crippen LogP contribution in [0.15, 0.2) is 36.4 Å². The van der Waals surface area contributed by atoms with Gasteiger partial charge in [-0.05, 0) is 48.7 Å². The third-order valence-corrected chi connectivity index (χ3v) is 3.20. The molecule has 2 aromatic rings. The summed E-state index contributed by atoms with van der Waals surface area (Å²) >= 11 is 0. The molecule has 0 unspecified atom stereocenters. The summed E-state index contributed by atoms with van der Waals surface area (Å²) in [6.45, 7) is 3.01. The van der Waals surface area contributed by atoms with Gasteiger partial charge in [0.1, 0.15) is 0 Å². The van der Waals surface area contributed by atoms with Crippen LogP contribution in [0.2, 0.25) is 0 Å². The van der Waals surface area contributed by atoms with Crippen molar-refractivity contribution in [3.63, 3.8) is 0 Å². The minimum atomic E-state index is -4.63. The topological polar surface area (TPSA) is 0 Å². The summed E-state index contributed by atoms with van der Waals surface area (Å²) < 4.78 is 77.8. The number of aryl methyl sites for hydroxylation is 2. The van der Waals surface area contributed by atoms with Gasteiger partial charge in [0.2, 0.25) is 0 Å². The van der Waals surface area contributed by atoms with Crippen molar-refractivity contribution in [2.45, 2.75) is 26.2 Å². The Balaban J connectivity index is 2.72. The van der Waals surface area contributed by atoms with Gasteiger partial charge in [-0.1, -0.05) is 23.8 Å². The predicted octanol–water partition coefficient (Wildman–Crippen LogP) is 6.01. The van der Waals surface area contributed by atoms with E-state index in [9.17, 15) is 26.3 Å². The first-order valence-electron chi connectivity index (χ1n) is 6.35. The molecule has 6 heteroatoms. The first-order chi connectivity index (χ1) is 9.98. The largest absolute Gasteiger partial charge is 0.417 e.